The Hall–Kier alpha value is -1.06. The summed E-state index contributed by atoms with van der Waals surface area (Å²) in [6, 6.07) is 3.85. The van der Waals surface area contributed by atoms with Crippen LogP contribution < -0.4 is 0 Å². The summed E-state index contributed by atoms with van der Waals surface area (Å²) >= 11 is 0. The number of nitrogens with zero attached hydrogens (tertiary/aromatic N) is 1. The summed E-state index contributed by atoms with van der Waals surface area (Å²) in [5.74, 6) is 0.365. The molecule has 88 valence electrons. The van der Waals surface area contributed by atoms with E-state index < -0.39 is 0 Å². The maximum atomic E-state index is 9.85. The van der Waals surface area contributed by atoms with Crippen molar-refractivity contribution in [3.05, 3.63) is 28.8 Å². The zero-order chi connectivity index (χ0) is 11.7. The van der Waals surface area contributed by atoms with E-state index in [9.17, 15) is 10.2 Å². The summed E-state index contributed by atoms with van der Waals surface area (Å²) in [6.45, 7) is 6.40. The van der Waals surface area contributed by atoms with Gasteiger partial charge in [0.15, 0.2) is 0 Å². The standard InChI is InChI=1S/C13H19NO2/c1-9-5-11(13(16)6-10(9)2)7-14-4-3-12(15)8-14/h5-6,12,15-16H,3-4,7-8H2,1-2H3/t12-/m0/s1. The summed E-state index contributed by atoms with van der Waals surface area (Å²) in [5, 5.41) is 19.3. The number of likely N-dealkylation sites (tertiary alicyclic amines) is 1. The minimum atomic E-state index is -0.200. The van der Waals surface area contributed by atoms with Crippen molar-refractivity contribution in [3.63, 3.8) is 0 Å². The molecule has 2 N–H and O–H groups in total. The Morgan fingerprint density at radius 2 is 2.00 bits per heavy atom. The zero-order valence-corrected chi connectivity index (χ0v) is 9.90. The summed E-state index contributed by atoms with van der Waals surface area (Å²) in [6.07, 6.45) is 0.639. The third-order valence-electron chi connectivity index (χ3n) is 3.34. The quantitative estimate of drug-likeness (QED) is 0.797. The molecule has 3 heteroatoms. The monoisotopic (exact) mass is 221 g/mol. The fourth-order valence-electron chi connectivity index (χ4n) is 2.18. The molecule has 1 heterocycles. The normalized spacial score (nSPS) is 21.6. The molecule has 0 spiro atoms. The molecule has 1 atom stereocenters. The van der Waals surface area contributed by atoms with E-state index in [1.807, 2.05) is 19.1 Å². The molecule has 3 nitrogen and oxygen atoms in total. The molecule has 0 bridgehead atoms. The lowest BCUT2D eigenvalue weighted by atomic mass is 10.0. The minimum Gasteiger partial charge on any atom is -0.508 e. The highest BCUT2D eigenvalue weighted by Gasteiger charge is 2.20. The number of rotatable bonds is 2. The van der Waals surface area contributed by atoms with Gasteiger partial charge in [0.25, 0.3) is 0 Å². The Labute approximate surface area is 96.3 Å². The van der Waals surface area contributed by atoms with Crippen LogP contribution >= 0.6 is 0 Å². The highest BCUT2D eigenvalue weighted by Crippen LogP contribution is 2.24. The summed E-state index contributed by atoms with van der Waals surface area (Å²) in [7, 11) is 0. The van der Waals surface area contributed by atoms with Crippen LogP contribution in [0.15, 0.2) is 12.1 Å². The van der Waals surface area contributed by atoms with Crippen molar-refractivity contribution in [1.29, 1.82) is 0 Å². The Balaban J connectivity index is 2.12. The lowest BCUT2D eigenvalue weighted by Gasteiger charge is -2.16. The minimum absolute atomic E-state index is 0.200. The van der Waals surface area contributed by atoms with E-state index in [-0.39, 0.29) is 6.10 Å². The van der Waals surface area contributed by atoms with Crippen LogP contribution in [0.5, 0.6) is 5.75 Å². The van der Waals surface area contributed by atoms with E-state index in [1.165, 1.54) is 5.56 Å². The van der Waals surface area contributed by atoms with Crippen LogP contribution in [0.1, 0.15) is 23.1 Å². The molecule has 2 rings (SSSR count). The van der Waals surface area contributed by atoms with Crippen molar-refractivity contribution < 1.29 is 10.2 Å². The molecule has 1 saturated heterocycles. The maximum Gasteiger partial charge on any atom is 0.120 e. The number of phenolic OH excluding ortho intramolecular Hbond substituents is 1. The van der Waals surface area contributed by atoms with Gasteiger partial charge in [-0.3, -0.25) is 4.90 Å². The van der Waals surface area contributed by atoms with Gasteiger partial charge in [0.1, 0.15) is 5.75 Å². The fraction of sp³-hybridized carbons (Fsp3) is 0.538. The molecule has 0 saturated carbocycles. The molecule has 1 aliphatic heterocycles. The van der Waals surface area contributed by atoms with Crippen LogP contribution in [-0.4, -0.2) is 34.3 Å². The van der Waals surface area contributed by atoms with Crippen molar-refractivity contribution in [3.8, 4) is 5.75 Å². The van der Waals surface area contributed by atoms with Crippen molar-refractivity contribution in [2.75, 3.05) is 13.1 Å². The Morgan fingerprint density at radius 1 is 1.31 bits per heavy atom. The molecule has 16 heavy (non-hydrogen) atoms. The number of hydrogen-bond donors (Lipinski definition) is 2. The highest BCUT2D eigenvalue weighted by molar-refractivity contribution is 5.40. The number of aliphatic hydroxyl groups excluding tert-OH is 1. The Morgan fingerprint density at radius 3 is 2.62 bits per heavy atom. The second-order valence-corrected chi connectivity index (χ2v) is 4.74. The van der Waals surface area contributed by atoms with Crippen molar-refractivity contribution >= 4 is 0 Å². The number of benzene rings is 1. The number of hydrogen-bond acceptors (Lipinski definition) is 3. The number of aryl methyl sites for hydroxylation is 2. The molecule has 1 fully saturated rings. The van der Waals surface area contributed by atoms with Crippen LogP contribution in [0.25, 0.3) is 0 Å². The molecular weight excluding hydrogens is 202 g/mol. The highest BCUT2D eigenvalue weighted by atomic mass is 16.3. The van der Waals surface area contributed by atoms with E-state index in [0.717, 1.165) is 30.6 Å². The predicted molar refractivity (Wildman–Crippen MR) is 63.5 cm³/mol. The first-order valence-corrected chi connectivity index (χ1v) is 5.76. The van der Waals surface area contributed by atoms with E-state index in [1.54, 1.807) is 0 Å². The van der Waals surface area contributed by atoms with Crippen LogP contribution in [0.3, 0.4) is 0 Å². The molecule has 1 aliphatic rings. The first-order valence-electron chi connectivity index (χ1n) is 5.76. The molecular formula is C13H19NO2. The molecule has 0 radical (unpaired) electrons. The van der Waals surface area contributed by atoms with Gasteiger partial charge in [0.05, 0.1) is 6.10 Å². The van der Waals surface area contributed by atoms with Crippen LogP contribution in [0, 0.1) is 13.8 Å². The number of aliphatic hydroxyl groups is 1. The molecule has 1 aromatic carbocycles. The van der Waals surface area contributed by atoms with E-state index in [0.29, 0.717) is 12.3 Å². The third-order valence-corrected chi connectivity index (χ3v) is 3.34. The molecule has 0 unspecified atom stereocenters. The molecule has 0 aromatic heterocycles. The van der Waals surface area contributed by atoms with E-state index in [2.05, 4.69) is 11.8 Å². The van der Waals surface area contributed by atoms with Crippen LogP contribution in [0.4, 0.5) is 0 Å². The predicted octanol–water partition coefficient (Wildman–Crippen LogP) is 1.58. The summed E-state index contributed by atoms with van der Waals surface area (Å²) in [4.78, 5) is 2.18. The largest absolute Gasteiger partial charge is 0.508 e. The number of aromatic hydroxyl groups is 1. The number of phenols is 1. The summed E-state index contributed by atoms with van der Waals surface area (Å²) in [5.41, 5.74) is 3.27. The van der Waals surface area contributed by atoms with Gasteiger partial charge in [-0.2, -0.15) is 0 Å². The second kappa shape index (κ2) is 4.44. The smallest absolute Gasteiger partial charge is 0.120 e. The molecule has 0 aliphatic carbocycles. The number of β-amino-alcohol motifs (C(OH)–C–C–N with tert-alkyl or cyclic N) is 1. The molecule has 0 amide bonds. The lowest BCUT2D eigenvalue weighted by molar-refractivity contribution is 0.174. The van der Waals surface area contributed by atoms with Crippen molar-refractivity contribution in [1.82, 2.24) is 4.90 Å². The van der Waals surface area contributed by atoms with E-state index in [4.69, 9.17) is 0 Å². The average molecular weight is 221 g/mol. The van der Waals surface area contributed by atoms with Gasteiger partial charge in [-0.25, -0.2) is 0 Å². The van der Waals surface area contributed by atoms with Gasteiger partial charge in [-0.05, 0) is 37.5 Å². The third kappa shape index (κ3) is 2.36. The summed E-state index contributed by atoms with van der Waals surface area (Å²) < 4.78 is 0. The lowest BCUT2D eigenvalue weighted by Crippen LogP contribution is -2.21. The van der Waals surface area contributed by atoms with Gasteiger partial charge in [-0.15, -0.1) is 0 Å². The van der Waals surface area contributed by atoms with Crippen LogP contribution in [-0.2, 0) is 6.54 Å². The van der Waals surface area contributed by atoms with E-state index >= 15 is 0 Å². The maximum absolute atomic E-state index is 9.85. The van der Waals surface area contributed by atoms with Crippen LogP contribution in [0.2, 0.25) is 0 Å². The zero-order valence-electron chi connectivity index (χ0n) is 9.90. The first-order chi connectivity index (χ1) is 7.56. The van der Waals surface area contributed by atoms with Crippen molar-refractivity contribution in [2.24, 2.45) is 0 Å². The van der Waals surface area contributed by atoms with Gasteiger partial charge in [0.2, 0.25) is 0 Å². The van der Waals surface area contributed by atoms with Gasteiger partial charge >= 0.3 is 0 Å². The average Bonchev–Trinajstić information content (AvgIpc) is 2.60. The first kappa shape index (κ1) is 11.4. The Kier molecular flexibility index (Phi) is 3.17. The van der Waals surface area contributed by atoms with Crippen molar-refractivity contribution in [2.45, 2.75) is 32.9 Å². The topological polar surface area (TPSA) is 43.7 Å². The SMILES string of the molecule is Cc1cc(O)c(CN2CC[C@H](O)C2)cc1C. The Bertz CT molecular complexity index is 390. The van der Waals surface area contributed by atoms with Gasteiger partial charge < -0.3 is 10.2 Å². The molecule has 1 aromatic rings. The van der Waals surface area contributed by atoms with Gasteiger partial charge in [0, 0.05) is 25.2 Å². The second-order valence-electron chi connectivity index (χ2n) is 4.74. The van der Waals surface area contributed by atoms with Gasteiger partial charge in [-0.1, -0.05) is 6.07 Å². The fourth-order valence-corrected chi connectivity index (χ4v) is 2.18.